The maximum atomic E-state index is 13.1. The zero-order chi connectivity index (χ0) is 14.5. The Kier molecular flexibility index (Phi) is 4.25. The molecule has 5 nitrogen and oxygen atoms in total. The number of aromatic nitrogens is 2. The van der Waals surface area contributed by atoms with E-state index in [1.165, 1.54) is 12.1 Å². The highest BCUT2D eigenvalue weighted by Gasteiger charge is 2.12. The molecular formula is C15H17FN4O. The molecule has 0 amide bonds. The average molecular weight is 288 g/mol. The van der Waals surface area contributed by atoms with Crippen LogP contribution in [0.5, 0.6) is 6.01 Å². The van der Waals surface area contributed by atoms with E-state index >= 15 is 0 Å². The summed E-state index contributed by atoms with van der Waals surface area (Å²) < 4.78 is 18.6. The number of nitrogens with one attached hydrogen (secondary N) is 1. The molecule has 1 aromatic heterocycles. The number of hydrogen-bond donors (Lipinski definition) is 1. The van der Waals surface area contributed by atoms with Crippen LogP contribution < -0.4 is 15.0 Å². The molecule has 1 fully saturated rings. The minimum absolute atomic E-state index is 0.253. The smallest absolute Gasteiger partial charge is 0.318 e. The minimum atomic E-state index is -0.272. The number of halogens is 1. The Morgan fingerprint density at radius 2 is 2.10 bits per heavy atom. The predicted octanol–water partition coefficient (Wildman–Crippen LogP) is 1.60. The van der Waals surface area contributed by atoms with Crippen molar-refractivity contribution in [3.8, 4) is 6.01 Å². The molecule has 110 valence electrons. The minimum Gasteiger partial charge on any atom is -0.459 e. The van der Waals surface area contributed by atoms with Crippen molar-refractivity contribution in [3.05, 3.63) is 47.9 Å². The first-order valence-corrected chi connectivity index (χ1v) is 6.97. The fourth-order valence-corrected chi connectivity index (χ4v) is 2.25. The van der Waals surface area contributed by atoms with Crippen molar-refractivity contribution in [2.24, 2.45) is 0 Å². The topological polar surface area (TPSA) is 50.3 Å². The quantitative estimate of drug-likeness (QED) is 0.926. The van der Waals surface area contributed by atoms with Gasteiger partial charge in [0.25, 0.3) is 0 Å². The van der Waals surface area contributed by atoms with Crippen LogP contribution in [0.4, 0.5) is 10.2 Å². The molecule has 2 heterocycles. The molecule has 1 saturated heterocycles. The van der Waals surface area contributed by atoms with E-state index in [0.717, 1.165) is 37.6 Å². The molecule has 0 unspecified atom stereocenters. The summed E-state index contributed by atoms with van der Waals surface area (Å²) in [6, 6.07) is 8.51. The fourth-order valence-electron chi connectivity index (χ4n) is 2.25. The van der Waals surface area contributed by atoms with Crippen molar-refractivity contribution in [2.75, 3.05) is 31.1 Å². The Balaban J connectivity index is 1.65. The van der Waals surface area contributed by atoms with Gasteiger partial charge < -0.3 is 15.0 Å². The van der Waals surface area contributed by atoms with E-state index in [9.17, 15) is 4.39 Å². The van der Waals surface area contributed by atoms with E-state index in [0.29, 0.717) is 6.01 Å². The summed E-state index contributed by atoms with van der Waals surface area (Å²) in [6.45, 7) is 3.98. The molecule has 1 aliphatic heterocycles. The molecule has 0 spiro atoms. The molecule has 6 heteroatoms. The molecule has 0 atom stereocenters. The average Bonchev–Trinajstić information content (AvgIpc) is 2.54. The standard InChI is InChI=1S/C15H17FN4O/c16-13-3-1-2-12(10-13)11-21-15-18-5-4-14(19-15)20-8-6-17-7-9-20/h1-5,10,17H,6-9,11H2. The van der Waals surface area contributed by atoms with Gasteiger partial charge in [0.2, 0.25) is 0 Å². The lowest BCUT2D eigenvalue weighted by Crippen LogP contribution is -2.43. The van der Waals surface area contributed by atoms with Gasteiger partial charge in [0, 0.05) is 32.4 Å². The lowest BCUT2D eigenvalue weighted by molar-refractivity contribution is 0.280. The van der Waals surface area contributed by atoms with Crippen LogP contribution in [0.3, 0.4) is 0 Å². The van der Waals surface area contributed by atoms with Crippen LogP contribution in [0.25, 0.3) is 0 Å². The Labute approximate surface area is 122 Å². The van der Waals surface area contributed by atoms with Gasteiger partial charge in [0.1, 0.15) is 18.2 Å². The van der Waals surface area contributed by atoms with Crippen LogP contribution >= 0.6 is 0 Å². The van der Waals surface area contributed by atoms with E-state index in [4.69, 9.17) is 4.74 Å². The SMILES string of the molecule is Fc1cccc(COc2nccc(N3CCNCC3)n2)c1. The molecule has 1 aromatic carbocycles. The van der Waals surface area contributed by atoms with Crippen LogP contribution in [0.1, 0.15) is 5.56 Å². The van der Waals surface area contributed by atoms with Crippen LogP contribution in [0.15, 0.2) is 36.5 Å². The molecule has 0 aliphatic carbocycles. The number of hydrogen-bond acceptors (Lipinski definition) is 5. The van der Waals surface area contributed by atoms with Crippen LogP contribution in [-0.4, -0.2) is 36.1 Å². The number of rotatable bonds is 4. The number of piperazine rings is 1. The molecule has 1 N–H and O–H groups in total. The van der Waals surface area contributed by atoms with Crippen molar-refractivity contribution >= 4 is 5.82 Å². The largest absolute Gasteiger partial charge is 0.459 e. The van der Waals surface area contributed by atoms with Gasteiger partial charge in [-0.2, -0.15) is 4.98 Å². The van der Waals surface area contributed by atoms with Crippen molar-refractivity contribution in [1.29, 1.82) is 0 Å². The first kappa shape index (κ1) is 13.8. The Morgan fingerprint density at radius 1 is 1.24 bits per heavy atom. The van der Waals surface area contributed by atoms with E-state index in [-0.39, 0.29) is 12.4 Å². The second kappa shape index (κ2) is 6.49. The summed E-state index contributed by atoms with van der Waals surface area (Å²) in [7, 11) is 0. The first-order chi connectivity index (χ1) is 10.3. The second-order valence-corrected chi connectivity index (χ2v) is 4.85. The molecular weight excluding hydrogens is 271 g/mol. The van der Waals surface area contributed by atoms with Crippen molar-refractivity contribution in [3.63, 3.8) is 0 Å². The normalized spacial score (nSPS) is 15.0. The monoisotopic (exact) mass is 288 g/mol. The molecule has 1 aliphatic rings. The third kappa shape index (κ3) is 3.66. The number of ether oxygens (including phenoxy) is 1. The van der Waals surface area contributed by atoms with Gasteiger partial charge in [0.15, 0.2) is 0 Å². The van der Waals surface area contributed by atoms with Crippen molar-refractivity contribution < 1.29 is 9.13 Å². The van der Waals surface area contributed by atoms with E-state index in [2.05, 4.69) is 20.2 Å². The number of benzene rings is 1. The predicted molar refractivity (Wildman–Crippen MR) is 77.8 cm³/mol. The summed E-state index contributed by atoms with van der Waals surface area (Å²) in [4.78, 5) is 10.7. The summed E-state index contributed by atoms with van der Waals surface area (Å²) in [5.74, 6) is 0.590. The number of anilines is 1. The lowest BCUT2D eigenvalue weighted by atomic mass is 10.2. The molecule has 0 bridgehead atoms. The number of nitrogens with zero attached hydrogens (tertiary/aromatic N) is 3. The molecule has 3 rings (SSSR count). The fraction of sp³-hybridized carbons (Fsp3) is 0.333. The Bertz CT molecular complexity index is 602. The van der Waals surface area contributed by atoms with E-state index in [1.54, 1.807) is 12.3 Å². The maximum absolute atomic E-state index is 13.1. The van der Waals surface area contributed by atoms with E-state index in [1.807, 2.05) is 12.1 Å². The van der Waals surface area contributed by atoms with Gasteiger partial charge in [-0.15, -0.1) is 0 Å². The molecule has 21 heavy (non-hydrogen) atoms. The third-order valence-corrected chi connectivity index (χ3v) is 3.32. The summed E-state index contributed by atoms with van der Waals surface area (Å²) >= 11 is 0. The van der Waals surface area contributed by atoms with Crippen LogP contribution in [0.2, 0.25) is 0 Å². The molecule has 2 aromatic rings. The van der Waals surface area contributed by atoms with Crippen LogP contribution in [0, 0.1) is 5.82 Å². The third-order valence-electron chi connectivity index (χ3n) is 3.32. The second-order valence-electron chi connectivity index (χ2n) is 4.85. The summed E-state index contributed by atoms with van der Waals surface area (Å²) in [5.41, 5.74) is 0.756. The molecule has 0 saturated carbocycles. The van der Waals surface area contributed by atoms with Gasteiger partial charge >= 0.3 is 6.01 Å². The Hall–Kier alpha value is -2.21. The van der Waals surface area contributed by atoms with Crippen molar-refractivity contribution in [2.45, 2.75) is 6.61 Å². The summed E-state index contributed by atoms with van der Waals surface area (Å²) in [5, 5.41) is 3.30. The highest BCUT2D eigenvalue weighted by atomic mass is 19.1. The van der Waals surface area contributed by atoms with Gasteiger partial charge in [-0.3, -0.25) is 0 Å². The highest BCUT2D eigenvalue weighted by molar-refractivity contribution is 5.38. The van der Waals surface area contributed by atoms with E-state index < -0.39 is 0 Å². The van der Waals surface area contributed by atoms with Crippen molar-refractivity contribution in [1.82, 2.24) is 15.3 Å². The lowest BCUT2D eigenvalue weighted by Gasteiger charge is -2.28. The molecule has 0 radical (unpaired) electrons. The zero-order valence-electron chi connectivity index (χ0n) is 11.6. The van der Waals surface area contributed by atoms with Gasteiger partial charge in [0.05, 0.1) is 0 Å². The van der Waals surface area contributed by atoms with Gasteiger partial charge in [-0.1, -0.05) is 12.1 Å². The van der Waals surface area contributed by atoms with Gasteiger partial charge in [-0.05, 0) is 23.8 Å². The first-order valence-electron chi connectivity index (χ1n) is 6.97. The van der Waals surface area contributed by atoms with Gasteiger partial charge in [-0.25, -0.2) is 9.37 Å². The maximum Gasteiger partial charge on any atom is 0.318 e. The highest BCUT2D eigenvalue weighted by Crippen LogP contribution is 2.15. The van der Waals surface area contributed by atoms with Crippen LogP contribution in [-0.2, 0) is 6.61 Å². The zero-order valence-corrected chi connectivity index (χ0v) is 11.6. The Morgan fingerprint density at radius 3 is 2.90 bits per heavy atom. The summed E-state index contributed by atoms with van der Waals surface area (Å²) in [6.07, 6.45) is 1.69.